The number of benzene rings is 1. The molecule has 2 fully saturated rings. The largest absolute Gasteiger partial charge is 0.478 e. The molecule has 0 bridgehead atoms. The van der Waals surface area contributed by atoms with Gasteiger partial charge in [0.05, 0.1) is 11.3 Å². The van der Waals surface area contributed by atoms with Crippen molar-refractivity contribution in [3.63, 3.8) is 0 Å². The van der Waals surface area contributed by atoms with Crippen molar-refractivity contribution in [2.24, 2.45) is 0 Å². The number of carboxylic acid groups (broad SMARTS) is 1. The van der Waals surface area contributed by atoms with E-state index >= 15 is 0 Å². The summed E-state index contributed by atoms with van der Waals surface area (Å²) in [5.74, 6) is -0.865. The van der Waals surface area contributed by atoms with Crippen LogP contribution in [0.15, 0.2) is 18.2 Å². The Balaban J connectivity index is 1.77. The first-order valence-corrected chi connectivity index (χ1v) is 8.79. The Hall–Kier alpha value is -1.79. The molecule has 0 atom stereocenters. The van der Waals surface area contributed by atoms with Crippen LogP contribution in [0, 0.1) is 0 Å². The third-order valence-corrected chi connectivity index (χ3v) is 5.18. The number of likely N-dealkylation sites (tertiary alicyclic amines) is 1. The fourth-order valence-corrected chi connectivity index (χ4v) is 3.47. The molecule has 1 aromatic rings. The Labute approximate surface area is 144 Å². The number of carboxylic acids is 1. The fourth-order valence-electron chi connectivity index (χ4n) is 3.47. The number of anilines is 2. The Morgan fingerprint density at radius 3 is 2.29 bits per heavy atom. The quantitative estimate of drug-likeness (QED) is 0.874. The molecule has 24 heavy (non-hydrogen) atoms. The number of likely N-dealkylation sites (N-methyl/N-ethyl adjacent to an activating group) is 1. The van der Waals surface area contributed by atoms with Crippen molar-refractivity contribution in [3.05, 3.63) is 23.8 Å². The van der Waals surface area contributed by atoms with Crippen LogP contribution < -0.4 is 10.2 Å². The van der Waals surface area contributed by atoms with Gasteiger partial charge in [0.2, 0.25) is 0 Å². The first-order chi connectivity index (χ1) is 11.5. The molecule has 2 heterocycles. The minimum Gasteiger partial charge on any atom is -0.478 e. The molecular weight excluding hydrogens is 304 g/mol. The molecule has 3 rings (SSSR count). The lowest BCUT2D eigenvalue weighted by atomic mass is 10.0. The lowest BCUT2D eigenvalue weighted by Gasteiger charge is -2.35. The van der Waals surface area contributed by atoms with Gasteiger partial charge in [0, 0.05) is 37.9 Å². The molecule has 2 aliphatic rings. The number of nitrogens with one attached hydrogen (secondary N) is 1. The Bertz CT molecular complexity index is 576. The predicted molar refractivity (Wildman–Crippen MR) is 97.3 cm³/mol. The molecule has 0 radical (unpaired) electrons. The molecule has 6 heteroatoms. The molecule has 0 saturated carbocycles. The van der Waals surface area contributed by atoms with Gasteiger partial charge in [-0.05, 0) is 58.2 Å². The van der Waals surface area contributed by atoms with E-state index in [9.17, 15) is 9.90 Å². The third kappa shape index (κ3) is 3.99. The number of piperidine rings is 1. The van der Waals surface area contributed by atoms with Crippen LogP contribution in [0.5, 0.6) is 0 Å². The van der Waals surface area contributed by atoms with Crippen molar-refractivity contribution in [3.8, 4) is 0 Å². The maximum atomic E-state index is 11.6. The molecule has 0 unspecified atom stereocenters. The number of nitrogens with zero attached hydrogens (tertiary/aromatic N) is 3. The minimum absolute atomic E-state index is 0.349. The van der Waals surface area contributed by atoms with Gasteiger partial charge in [0.25, 0.3) is 0 Å². The summed E-state index contributed by atoms with van der Waals surface area (Å²) in [4.78, 5) is 18.6. The highest BCUT2D eigenvalue weighted by atomic mass is 16.4. The Morgan fingerprint density at radius 2 is 1.67 bits per heavy atom. The molecule has 0 spiro atoms. The highest BCUT2D eigenvalue weighted by Crippen LogP contribution is 2.27. The number of hydrogen-bond acceptors (Lipinski definition) is 5. The summed E-state index contributed by atoms with van der Waals surface area (Å²) in [6, 6.07) is 6.05. The third-order valence-electron chi connectivity index (χ3n) is 5.18. The molecular formula is C18H28N4O2. The standard InChI is InChI=1S/C18H28N4O2/c1-20-7-5-14(6-8-20)19-17-13-15(3-4-16(17)18(23)24)22-11-9-21(2)10-12-22/h3-4,13-14,19H,5-12H2,1-2H3,(H,23,24). The van der Waals surface area contributed by atoms with E-state index in [2.05, 4.69) is 34.1 Å². The summed E-state index contributed by atoms with van der Waals surface area (Å²) in [6.45, 7) is 6.15. The van der Waals surface area contributed by atoms with E-state index < -0.39 is 5.97 Å². The summed E-state index contributed by atoms with van der Waals surface area (Å²) in [6.07, 6.45) is 2.10. The van der Waals surface area contributed by atoms with Crippen molar-refractivity contribution < 1.29 is 9.90 Å². The molecule has 1 aromatic carbocycles. The SMILES string of the molecule is CN1CCC(Nc2cc(N3CCN(C)CC3)ccc2C(=O)O)CC1. The number of aromatic carboxylic acids is 1. The van der Waals surface area contributed by atoms with Gasteiger partial charge in [0.15, 0.2) is 0 Å². The maximum Gasteiger partial charge on any atom is 0.337 e. The second-order valence-electron chi connectivity index (χ2n) is 7.05. The fraction of sp³-hybridized carbons (Fsp3) is 0.611. The highest BCUT2D eigenvalue weighted by molar-refractivity contribution is 5.95. The van der Waals surface area contributed by atoms with Crippen molar-refractivity contribution in [2.75, 3.05) is 63.6 Å². The zero-order valence-corrected chi connectivity index (χ0v) is 14.7. The topological polar surface area (TPSA) is 59.0 Å². The summed E-state index contributed by atoms with van der Waals surface area (Å²) < 4.78 is 0. The molecule has 0 aromatic heterocycles. The monoisotopic (exact) mass is 332 g/mol. The van der Waals surface area contributed by atoms with Crippen LogP contribution in [0.2, 0.25) is 0 Å². The molecule has 0 amide bonds. The number of piperazine rings is 1. The van der Waals surface area contributed by atoms with Gasteiger partial charge < -0.3 is 25.1 Å². The van der Waals surface area contributed by atoms with Crippen molar-refractivity contribution >= 4 is 17.3 Å². The van der Waals surface area contributed by atoms with Crippen LogP contribution in [-0.4, -0.2) is 80.3 Å². The molecule has 0 aliphatic carbocycles. The van der Waals surface area contributed by atoms with Gasteiger partial charge in [-0.25, -0.2) is 4.79 Å². The summed E-state index contributed by atoms with van der Waals surface area (Å²) >= 11 is 0. The van der Waals surface area contributed by atoms with Gasteiger partial charge in [-0.15, -0.1) is 0 Å². The first kappa shape index (κ1) is 17.0. The van der Waals surface area contributed by atoms with Crippen LogP contribution in [-0.2, 0) is 0 Å². The molecule has 2 aliphatic heterocycles. The van der Waals surface area contributed by atoms with Crippen LogP contribution in [0.1, 0.15) is 23.2 Å². The van der Waals surface area contributed by atoms with Crippen molar-refractivity contribution in [1.82, 2.24) is 9.80 Å². The van der Waals surface area contributed by atoms with E-state index in [1.165, 1.54) is 0 Å². The zero-order chi connectivity index (χ0) is 17.1. The predicted octanol–water partition coefficient (Wildman–Crippen LogP) is 1.64. The normalized spacial score (nSPS) is 21.0. The minimum atomic E-state index is -0.865. The van der Waals surface area contributed by atoms with Gasteiger partial charge in [-0.1, -0.05) is 0 Å². The summed E-state index contributed by atoms with van der Waals surface area (Å²) in [7, 11) is 4.27. The molecule has 132 valence electrons. The van der Waals surface area contributed by atoms with Crippen LogP contribution in [0.3, 0.4) is 0 Å². The summed E-state index contributed by atoms with van der Waals surface area (Å²) in [5.41, 5.74) is 2.24. The van der Waals surface area contributed by atoms with E-state index in [0.29, 0.717) is 11.6 Å². The smallest absolute Gasteiger partial charge is 0.337 e. The van der Waals surface area contributed by atoms with Crippen LogP contribution in [0.25, 0.3) is 0 Å². The van der Waals surface area contributed by atoms with Gasteiger partial charge in [-0.2, -0.15) is 0 Å². The first-order valence-electron chi connectivity index (χ1n) is 8.79. The van der Waals surface area contributed by atoms with Gasteiger partial charge in [0.1, 0.15) is 0 Å². The summed E-state index contributed by atoms with van der Waals surface area (Å²) in [5, 5.41) is 13.0. The molecule has 2 N–H and O–H groups in total. The number of rotatable bonds is 4. The van der Waals surface area contributed by atoms with E-state index in [1.54, 1.807) is 6.07 Å². The Morgan fingerprint density at radius 1 is 1.04 bits per heavy atom. The lowest BCUT2D eigenvalue weighted by Crippen LogP contribution is -2.44. The lowest BCUT2D eigenvalue weighted by molar-refractivity contribution is 0.0698. The van der Waals surface area contributed by atoms with Gasteiger partial charge in [-0.3, -0.25) is 0 Å². The molecule has 2 saturated heterocycles. The van der Waals surface area contributed by atoms with Crippen LogP contribution >= 0.6 is 0 Å². The zero-order valence-electron chi connectivity index (χ0n) is 14.7. The van der Waals surface area contributed by atoms with E-state index in [4.69, 9.17) is 0 Å². The van der Waals surface area contributed by atoms with Gasteiger partial charge >= 0.3 is 5.97 Å². The molecule has 6 nitrogen and oxygen atoms in total. The second-order valence-corrected chi connectivity index (χ2v) is 7.05. The highest BCUT2D eigenvalue weighted by Gasteiger charge is 2.21. The van der Waals surface area contributed by atoms with E-state index in [-0.39, 0.29) is 0 Å². The van der Waals surface area contributed by atoms with Crippen molar-refractivity contribution in [1.29, 1.82) is 0 Å². The number of carbonyl (C=O) groups is 1. The van der Waals surface area contributed by atoms with Crippen LogP contribution in [0.4, 0.5) is 11.4 Å². The second kappa shape index (κ2) is 7.40. The van der Waals surface area contributed by atoms with E-state index in [1.807, 2.05) is 12.1 Å². The average molecular weight is 332 g/mol. The Kier molecular flexibility index (Phi) is 5.26. The van der Waals surface area contributed by atoms with Crippen molar-refractivity contribution in [2.45, 2.75) is 18.9 Å². The number of hydrogen-bond donors (Lipinski definition) is 2. The maximum absolute atomic E-state index is 11.6. The van der Waals surface area contributed by atoms with E-state index in [0.717, 1.165) is 63.5 Å². The average Bonchev–Trinajstić information content (AvgIpc) is 2.57.